The fourth-order valence-corrected chi connectivity index (χ4v) is 4.63. The second-order valence-electron chi connectivity index (χ2n) is 7.57. The van der Waals surface area contributed by atoms with Gasteiger partial charge >= 0.3 is 0 Å². The monoisotopic (exact) mass is 406 g/mol. The van der Waals surface area contributed by atoms with Crippen LogP contribution in [0.5, 0.6) is 0 Å². The number of nitrogens with zero attached hydrogens (tertiary/aromatic N) is 3. The Morgan fingerprint density at radius 1 is 1.28 bits per heavy atom. The Labute approximate surface area is 172 Å². The minimum absolute atomic E-state index is 0.00599. The zero-order valence-electron chi connectivity index (χ0n) is 15.9. The van der Waals surface area contributed by atoms with Crippen LogP contribution >= 0.6 is 11.6 Å². The summed E-state index contributed by atoms with van der Waals surface area (Å²) >= 11 is 6.45. The summed E-state index contributed by atoms with van der Waals surface area (Å²) in [5.41, 5.74) is 5.64. The maximum absolute atomic E-state index is 13.2. The number of rotatable bonds is 3. The molecule has 3 heterocycles. The molecule has 29 heavy (non-hydrogen) atoms. The van der Waals surface area contributed by atoms with Crippen molar-refractivity contribution >= 4 is 34.3 Å². The number of carbonyl (C=O) groups is 2. The molecule has 0 aliphatic carbocycles. The van der Waals surface area contributed by atoms with Gasteiger partial charge in [0.15, 0.2) is 0 Å². The van der Waals surface area contributed by atoms with Crippen molar-refractivity contribution in [2.24, 2.45) is 0 Å². The van der Waals surface area contributed by atoms with Gasteiger partial charge in [0.1, 0.15) is 0 Å². The van der Waals surface area contributed by atoms with Crippen LogP contribution in [0.25, 0.3) is 22.0 Å². The molecule has 0 atom stereocenters. The van der Waals surface area contributed by atoms with Crippen LogP contribution in [0.2, 0.25) is 5.02 Å². The normalized spacial score (nSPS) is 16.3. The van der Waals surface area contributed by atoms with Crippen molar-refractivity contribution in [2.75, 3.05) is 13.1 Å². The fraction of sp³-hybridized carbons (Fsp3) is 0.227. The second kappa shape index (κ2) is 6.46. The van der Waals surface area contributed by atoms with Gasteiger partial charge in [-0.15, -0.1) is 0 Å². The molecule has 146 valence electrons. The van der Waals surface area contributed by atoms with Gasteiger partial charge in [-0.3, -0.25) is 14.7 Å². The van der Waals surface area contributed by atoms with Crippen molar-refractivity contribution < 1.29 is 9.59 Å². The Hall–Kier alpha value is -3.12. The smallest absolute Gasteiger partial charge is 0.256 e. The van der Waals surface area contributed by atoms with Crippen LogP contribution in [0.15, 0.2) is 43.1 Å². The van der Waals surface area contributed by atoms with Gasteiger partial charge in [-0.2, -0.15) is 5.10 Å². The number of aryl methyl sites for hydroxylation is 1. The van der Waals surface area contributed by atoms with Crippen molar-refractivity contribution in [2.45, 2.75) is 19.5 Å². The Morgan fingerprint density at radius 3 is 2.83 bits per heavy atom. The van der Waals surface area contributed by atoms with Crippen molar-refractivity contribution in [1.29, 1.82) is 0 Å². The molecule has 0 unspecified atom stereocenters. The summed E-state index contributed by atoms with van der Waals surface area (Å²) in [6, 6.07) is 7.84. The number of fused-ring (bicyclic) bond motifs is 2. The highest BCUT2D eigenvalue weighted by atomic mass is 35.5. The number of amides is 2. The van der Waals surface area contributed by atoms with E-state index >= 15 is 0 Å². The number of benzene rings is 2. The highest BCUT2D eigenvalue weighted by molar-refractivity contribution is 6.34. The van der Waals surface area contributed by atoms with Crippen molar-refractivity contribution in [3.63, 3.8) is 0 Å². The molecular weight excluding hydrogens is 388 g/mol. The Balaban J connectivity index is 1.56. The lowest BCUT2D eigenvalue weighted by atomic mass is 9.91. The first-order valence-electron chi connectivity index (χ1n) is 9.46. The SMILES string of the molecule is C=CC(=O)N1CC(N2Cc3c(-c4c(C)ccc5[nH]ncc45)ccc(Cl)c3C2=O)C1. The molecule has 2 aromatic carbocycles. The highest BCUT2D eigenvalue weighted by Crippen LogP contribution is 2.41. The number of H-pyrrole nitrogens is 1. The first kappa shape index (κ1) is 17.9. The highest BCUT2D eigenvalue weighted by Gasteiger charge is 2.42. The fourth-order valence-electron chi connectivity index (χ4n) is 4.38. The molecule has 2 aliphatic rings. The lowest BCUT2D eigenvalue weighted by Crippen LogP contribution is -2.60. The van der Waals surface area contributed by atoms with Gasteiger partial charge in [0.05, 0.1) is 28.3 Å². The number of likely N-dealkylation sites (tertiary alicyclic amines) is 1. The number of aromatic amines is 1. The first-order valence-corrected chi connectivity index (χ1v) is 9.84. The Kier molecular flexibility index (Phi) is 3.99. The van der Waals surface area contributed by atoms with E-state index in [1.807, 2.05) is 23.2 Å². The van der Waals surface area contributed by atoms with E-state index in [1.54, 1.807) is 11.0 Å². The molecule has 1 N–H and O–H groups in total. The summed E-state index contributed by atoms with van der Waals surface area (Å²) in [4.78, 5) is 28.5. The number of nitrogens with one attached hydrogen (secondary N) is 1. The van der Waals surface area contributed by atoms with Gasteiger partial charge in [0.2, 0.25) is 5.91 Å². The largest absolute Gasteiger partial charge is 0.335 e. The average molecular weight is 407 g/mol. The maximum atomic E-state index is 13.2. The van der Waals surface area contributed by atoms with Crippen LogP contribution in [0, 0.1) is 6.92 Å². The van der Waals surface area contributed by atoms with E-state index < -0.39 is 0 Å². The first-order chi connectivity index (χ1) is 14.0. The number of carbonyl (C=O) groups excluding carboxylic acids is 2. The van der Waals surface area contributed by atoms with E-state index in [1.165, 1.54) is 6.08 Å². The molecule has 6 nitrogen and oxygen atoms in total. The number of hydrogen-bond acceptors (Lipinski definition) is 3. The van der Waals surface area contributed by atoms with Gasteiger partial charge in [-0.1, -0.05) is 30.3 Å². The molecule has 5 rings (SSSR count). The van der Waals surface area contributed by atoms with Crippen LogP contribution < -0.4 is 0 Å². The van der Waals surface area contributed by atoms with Crippen LogP contribution in [-0.4, -0.2) is 50.9 Å². The molecule has 1 saturated heterocycles. The molecule has 2 aliphatic heterocycles. The predicted molar refractivity (Wildman–Crippen MR) is 112 cm³/mol. The van der Waals surface area contributed by atoms with Crippen molar-refractivity contribution in [1.82, 2.24) is 20.0 Å². The zero-order valence-corrected chi connectivity index (χ0v) is 16.7. The van der Waals surface area contributed by atoms with E-state index in [2.05, 4.69) is 29.8 Å². The van der Waals surface area contributed by atoms with Gasteiger partial charge < -0.3 is 9.80 Å². The topological polar surface area (TPSA) is 69.3 Å². The van der Waals surface area contributed by atoms with Crippen LogP contribution in [-0.2, 0) is 11.3 Å². The molecule has 2 amide bonds. The Morgan fingerprint density at radius 2 is 2.07 bits per heavy atom. The minimum Gasteiger partial charge on any atom is -0.335 e. The molecule has 7 heteroatoms. The third-order valence-corrected chi connectivity index (χ3v) is 6.27. The molecule has 3 aromatic rings. The van der Waals surface area contributed by atoms with E-state index in [4.69, 9.17) is 11.6 Å². The molecule has 0 spiro atoms. The van der Waals surface area contributed by atoms with Crippen molar-refractivity contribution in [3.05, 3.63) is 64.8 Å². The number of hydrogen-bond donors (Lipinski definition) is 1. The van der Waals surface area contributed by atoms with Gasteiger partial charge in [-0.05, 0) is 47.4 Å². The lowest BCUT2D eigenvalue weighted by Gasteiger charge is -2.43. The third kappa shape index (κ3) is 2.59. The van der Waals surface area contributed by atoms with Gasteiger partial charge in [-0.25, -0.2) is 0 Å². The molecule has 0 radical (unpaired) electrons. The third-order valence-electron chi connectivity index (χ3n) is 5.96. The summed E-state index contributed by atoms with van der Waals surface area (Å²) in [5, 5.41) is 8.68. The lowest BCUT2D eigenvalue weighted by molar-refractivity contribution is -0.132. The van der Waals surface area contributed by atoms with Crippen LogP contribution in [0.4, 0.5) is 0 Å². The van der Waals surface area contributed by atoms with Crippen LogP contribution in [0.3, 0.4) is 0 Å². The van der Waals surface area contributed by atoms with E-state index in [0.29, 0.717) is 30.2 Å². The van der Waals surface area contributed by atoms with E-state index in [-0.39, 0.29) is 17.9 Å². The van der Waals surface area contributed by atoms with Crippen molar-refractivity contribution in [3.8, 4) is 11.1 Å². The van der Waals surface area contributed by atoms with E-state index in [9.17, 15) is 9.59 Å². The summed E-state index contributed by atoms with van der Waals surface area (Å²) in [7, 11) is 0. The van der Waals surface area contributed by atoms with Crippen LogP contribution in [0.1, 0.15) is 21.5 Å². The standard InChI is InChI=1S/C22H19ClN4O2/c1-3-19(28)26-9-13(10-26)27-11-16-14(5-6-17(23)21(16)22(27)29)20-12(2)4-7-18-15(20)8-24-25-18/h3-8,13H,1,9-11H2,2H3,(H,24,25). The van der Waals surface area contributed by atoms with Gasteiger partial charge in [0, 0.05) is 25.0 Å². The summed E-state index contributed by atoms with van der Waals surface area (Å²) in [6.45, 7) is 7.11. The number of aromatic nitrogens is 2. The molecular formula is C22H19ClN4O2. The summed E-state index contributed by atoms with van der Waals surface area (Å²) in [6.07, 6.45) is 3.12. The van der Waals surface area contributed by atoms with E-state index in [0.717, 1.165) is 33.2 Å². The summed E-state index contributed by atoms with van der Waals surface area (Å²) in [5.74, 6) is -0.175. The molecule has 0 bridgehead atoms. The predicted octanol–water partition coefficient (Wildman–Crippen LogP) is 3.54. The minimum atomic E-state index is -0.105. The second-order valence-corrected chi connectivity index (χ2v) is 7.98. The zero-order chi connectivity index (χ0) is 20.3. The quantitative estimate of drug-likeness (QED) is 0.676. The average Bonchev–Trinajstić information content (AvgIpc) is 3.27. The molecule has 0 saturated carbocycles. The number of halogens is 1. The summed E-state index contributed by atoms with van der Waals surface area (Å²) < 4.78 is 0. The molecule has 1 fully saturated rings. The molecule has 1 aromatic heterocycles. The Bertz CT molecular complexity index is 1190. The maximum Gasteiger partial charge on any atom is 0.256 e. The van der Waals surface area contributed by atoms with Gasteiger partial charge in [0.25, 0.3) is 5.91 Å².